The molecular weight excluding hydrogens is 308 g/mol. The van der Waals surface area contributed by atoms with Crippen molar-refractivity contribution in [3.63, 3.8) is 0 Å². The van der Waals surface area contributed by atoms with E-state index in [1.54, 1.807) is 17.0 Å². The fraction of sp³-hybridized carbons (Fsp3) is 0.545. The summed E-state index contributed by atoms with van der Waals surface area (Å²) in [5, 5.41) is 0. The summed E-state index contributed by atoms with van der Waals surface area (Å²) in [4.78, 5) is 14.5. The predicted octanol–water partition coefficient (Wildman–Crippen LogP) is 1.51. The lowest BCUT2D eigenvalue weighted by Gasteiger charge is -2.20. The Balaban J connectivity index is 2.05. The van der Waals surface area contributed by atoms with Gasteiger partial charge in [0.1, 0.15) is 0 Å². The number of halogens is 1. The van der Waals surface area contributed by atoms with Crippen molar-refractivity contribution in [1.29, 1.82) is 0 Å². The van der Waals surface area contributed by atoms with Crippen LogP contribution in [0.4, 0.5) is 0 Å². The van der Waals surface area contributed by atoms with E-state index in [2.05, 4.69) is 0 Å². The van der Waals surface area contributed by atoms with E-state index in [9.17, 15) is 13.2 Å². The molecule has 1 amide bonds. The monoisotopic (exact) mass is 322 g/mol. The Bertz CT molecular complexity index is 570. The molecule has 1 aliphatic heterocycles. The van der Waals surface area contributed by atoms with Crippen molar-refractivity contribution in [3.8, 4) is 0 Å². The molecule has 1 aliphatic rings. The molecular formula is C11H15ClN2O3S2. The van der Waals surface area contributed by atoms with Crippen molar-refractivity contribution in [2.75, 3.05) is 32.4 Å². The highest BCUT2D eigenvalue weighted by Crippen LogP contribution is 2.23. The van der Waals surface area contributed by atoms with E-state index in [4.69, 9.17) is 11.6 Å². The van der Waals surface area contributed by atoms with Crippen LogP contribution in [-0.2, 0) is 10.0 Å². The number of carbonyl (C=O) groups is 1. The van der Waals surface area contributed by atoms with E-state index in [1.807, 2.05) is 0 Å². The van der Waals surface area contributed by atoms with E-state index in [0.717, 1.165) is 0 Å². The van der Waals surface area contributed by atoms with Gasteiger partial charge in [0.2, 0.25) is 10.0 Å². The molecule has 1 aromatic heterocycles. The molecule has 0 radical (unpaired) electrons. The Morgan fingerprint density at radius 2 is 2.00 bits per heavy atom. The molecule has 1 aromatic rings. The molecule has 0 N–H and O–H groups in total. The summed E-state index contributed by atoms with van der Waals surface area (Å²) >= 11 is 7.06. The molecule has 2 heterocycles. The Kier molecular flexibility index (Phi) is 4.50. The first kappa shape index (κ1) is 14.8. The lowest BCUT2D eigenvalue weighted by Crippen LogP contribution is -2.36. The number of sulfonamides is 1. The van der Waals surface area contributed by atoms with E-state index in [0.29, 0.717) is 41.8 Å². The summed E-state index contributed by atoms with van der Waals surface area (Å²) in [7, 11) is -3.18. The Morgan fingerprint density at radius 1 is 1.26 bits per heavy atom. The van der Waals surface area contributed by atoms with Crippen LogP contribution in [0.5, 0.6) is 0 Å². The zero-order chi connectivity index (χ0) is 14.0. The van der Waals surface area contributed by atoms with E-state index < -0.39 is 10.0 Å². The molecule has 106 valence electrons. The summed E-state index contributed by atoms with van der Waals surface area (Å²) in [6.07, 6.45) is 1.85. The molecule has 0 aromatic carbocycles. The van der Waals surface area contributed by atoms with Gasteiger partial charge in [-0.15, -0.1) is 11.3 Å². The first-order valence-corrected chi connectivity index (χ1v) is 8.92. The van der Waals surface area contributed by atoms with Crippen LogP contribution in [0.2, 0.25) is 4.34 Å². The van der Waals surface area contributed by atoms with Gasteiger partial charge in [-0.2, -0.15) is 0 Å². The van der Waals surface area contributed by atoms with Crippen molar-refractivity contribution in [3.05, 3.63) is 21.3 Å². The summed E-state index contributed by atoms with van der Waals surface area (Å²) < 4.78 is 25.0. The van der Waals surface area contributed by atoms with E-state index >= 15 is 0 Å². The second kappa shape index (κ2) is 5.78. The normalized spacial score (nSPS) is 18.3. The fourth-order valence-corrected chi connectivity index (χ4v) is 3.90. The number of hydrogen-bond donors (Lipinski definition) is 0. The van der Waals surface area contributed by atoms with Crippen molar-refractivity contribution < 1.29 is 13.2 Å². The highest BCUT2D eigenvalue weighted by Gasteiger charge is 2.24. The van der Waals surface area contributed by atoms with Gasteiger partial charge in [0.25, 0.3) is 5.91 Å². The maximum Gasteiger partial charge on any atom is 0.264 e. The van der Waals surface area contributed by atoms with Gasteiger partial charge in [-0.1, -0.05) is 11.6 Å². The number of rotatable bonds is 2. The Labute approximate surface area is 121 Å². The standard InChI is InChI=1S/C11H15ClN2O3S2/c1-19(16,17)14-6-2-5-13(7-8-14)11(15)9-3-4-10(12)18-9/h3-4H,2,5-8H2,1H3. The van der Waals surface area contributed by atoms with Crippen LogP contribution in [0.1, 0.15) is 16.1 Å². The van der Waals surface area contributed by atoms with E-state index in [1.165, 1.54) is 21.9 Å². The van der Waals surface area contributed by atoms with Crippen LogP contribution in [0.3, 0.4) is 0 Å². The van der Waals surface area contributed by atoms with Gasteiger partial charge >= 0.3 is 0 Å². The Morgan fingerprint density at radius 3 is 2.58 bits per heavy atom. The largest absolute Gasteiger partial charge is 0.337 e. The molecule has 0 spiro atoms. The number of amides is 1. The maximum absolute atomic E-state index is 12.2. The highest BCUT2D eigenvalue weighted by atomic mass is 35.5. The quantitative estimate of drug-likeness (QED) is 0.829. The molecule has 5 nitrogen and oxygen atoms in total. The van der Waals surface area contributed by atoms with Gasteiger partial charge in [0.15, 0.2) is 0 Å². The van der Waals surface area contributed by atoms with Crippen LogP contribution < -0.4 is 0 Å². The minimum absolute atomic E-state index is 0.0766. The number of nitrogens with zero attached hydrogens (tertiary/aromatic N) is 2. The molecule has 1 fully saturated rings. The molecule has 0 atom stereocenters. The van der Waals surface area contributed by atoms with Crippen molar-refractivity contribution in [2.24, 2.45) is 0 Å². The van der Waals surface area contributed by atoms with Crippen LogP contribution >= 0.6 is 22.9 Å². The molecule has 0 saturated carbocycles. The van der Waals surface area contributed by atoms with Crippen molar-refractivity contribution in [2.45, 2.75) is 6.42 Å². The average Bonchev–Trinajstić information content (AvgIpc) is 2.62. The lowest BCUT2D eigenvalue weighted by molar-refractivity contribution is 0.0769. The molecule has 0 aliphatic carbocycles. The van der Waals surface area contributed by atoms with Crippen LogP contribution in [0, 0.1) is 0 Å². The zero-order valence-electron chi connectivity index (χ0n) is 10.5. The first-order chi connectivity index (χ1) is 8.88. The third kappa shape index (κ3) is 3.68. The molecule has 1 saturated heterocycles. The molecule has 0 bridgehead atoms. The number of hydrogen-bond acceptors (Lipinski definition) is 4. The minimum Gasteiger partial charge on any atom is -0.337 e. The fourth-order valence-electron chi connectivity index (χ4n) is 2.01. The predicted molar refractivity (Wildman–Crippen MR) is 76.3 cm³/mol. The van der Waals surface area contributed by atoms with E-state index in [-0.39, 0.29) is 5.91 Å². The summed E-state index contributed by atoms with van der Waals surface area (Å²) in [5.41, 5.74) is 0. The topological polar surface area (TPSA) is 57.7 Å². The van der Waals surface area contributed by atoms with Gasteiger partial charge in [0, 0.05) is 26.2 Å². The van der Waals surface area contributed by atoms with Crippen molar-refractivity contribution in [1.82, 2.24) is 9.21 Å². The van der Waals surface area contributed by atoms with Gasteiger partial charge < -0.3 is 4.90 Å². The Hall–Kier alpha value is -0.630. The molecule has 2 rings (SSSR count). The van der Waals surface area contributed by atoms with Gasteiger partial charge in [-0.25, -0.2) is 12.7 Å². The number of carbonyl (C=O) groups excluding carboxylic acids is 1. The zero-order valence-corrected chi connectivity index (χ0v) is 12.9. The minimum atomic E-state index is -3.18. The van der Waals surface area contributed by atoms with Gasteiger partial charge in [0.05, 0.1) is 15.5 Å². The van der Waals surface area contributed by atoms with Crippen LogP contribution in [0.25, 0.3) is 0 Å². The summed E-state index contributed by atoms with van der Waals surface area (Å²) in [6.45, 7) is 1.80. The third-order valence-electron chi connectivity index (χ3n) is 3.00. The lowest BCUT2D eigenvalue weighted by atomic mass is 10.3. The van der Waals surface area contributed by atoms with Crippen LogP contribution in [0.15, 0.2) is 12.1 Å². The maximum atomic E-state index is 12.2. The molecule has 8 heteroatoms. The SMILES string of the molecule is CS(=O)(=O)N1CCCN(C(=O)c2ccc(Cl)s2)CC1. The molecule has 0 unspecified atom stereocenters. The van der Waals surface area contributed by atoms with Gasteiger partial charge in [-0.3, -0.25) is 4.79 Å². The van der Waals surface area contributed by atoms with Crippen molar-refractivity contribution >= 4 is 38.9 Å². The summed E-state index contributed by atoms with van der Waals surface area (Å²) in [5.74, 6) is -0.0766. The highest BCUT2D eigenvalue weighted by molar-refractivity contribution is 7.88. The van der Waals surface area contributed by atoms with Gasteiger partial charge in [-0.05, 0) is 18.6 Å². The summed E-state index contributed by atoms with van der Waals surface area (Å²) in [6, 6.07) is 3.40. The average molecular weight is 323 g/mol. The molecule has 19 heavy (non-hydrogen) atoms. The van der Waals surface area contributed by atoms with Crippen LogP contribution in [-0.4, -0.2) is 56.0 Å². The first-order valence-electron chi connectivity index (χ1n) is 5.87. The third-order valence-corrected chi connectivity index (χ3v) is 5.52. The second-order valence-electron chi connectivity index (χ2n) is 4.41. The smallest absolute Gasteiger partial charge is 0.264 e. The number of thiophene rings is 1. The second-order valence-corrected chi connectivity index (χ2v) is 8.11.